The fourth-order valence-corrected chi connectivity index (χ4v) is 2.23. The zero-order valence-corrected chi connectivity index (χ0v) is 8.24. The number of aryl methyl sites for hydroxylation is 1. The van der Waals surface area contributed by atoms with Gasteiger partial charge in [0.1, 0.15) is 5.92 Å². The first-order valence-electron chi connectivity index (χ1n) is 4.86. The number of hydrogen-bond donors (Lipinski definition) is 1. The molecule has 2 heterocycles. The van der Waals surface area contributed by atoms with Crippen LogP contribution in [0.3, 0.4) is 0 Å². The standard InChI is InChI=1S/C10H10F3NO2/c11-10(12,13)8-6(9(15)16)3-5-14-4-1-2-7(8)14/h1-2,4,6,8H,3,5H2,(H,15,16)/t6-,8+/m0/s1. The maximum Gasteiger partial charge on any atom is 0.398 e. The van der Waals surface area contributed by atoms with Gasteiger partial charge in [-0.05, 0) is 18.6 Å². The van der Waals surface area contributed by atoms with E-state index >= 15 is 0 Å². The summed E-state index contributed by atoms with van der Waals surface area (Å²) in [4.78, 5) is 10.8. The van der Waals surface area contributed by atoms with Crippen LogP contribution in [-0.4, -0.2) is 21.8 Å². The highest BCUT2D eigenvalue weighted by Gasteiger charge is 2.51. The van der Waals surface area contributed by atoms with Gasteiger partial charge in [-0.1, -0.05) is 0 Å². The van der Waals surface area contributed by atoms with E-state index < -0.39 is 24.0 Å². The van der Waals surface area contributed by atoms with Crippen LogP contribution >= 0.6 is 0 Å². The van der Waals surface area contributed by atoms with Crippen molar-refractivity contribution >= 4 is 5.97 Å². The summed E-state index contributed by atoms with van der Waals surface area (Å²) in [5.74, 6) is -4.65. The van der Waals surface area contributed by atoms with E-state index in [-0.39, 0.29) is 12.1 Å². The normalized spacial score (nSPS) is 25.2. The average Bonchev–Trinajstić information content (AvgIpc) is 2.61. The van der Waals surface area contributed by atoms with Crippen molar-refractivity contribution in [2.24, 2.45) is 5.92 Å². The molecule has 0 aromatic carbocycles. The van der Waals surface area contributed by atoms with E-state index in [1.54, 1.807) is 6.20 Å². The molecule has 0 radical (unpaired) electrons. The first kappa shape index (κ1) is 11.0. The van der Waals surface area contributed by atoms with Crippen molar-refractivity contribution in [3.05, 3.63) is 24.0 Å². The Morgan fingerprint density at radius 3 is 2.75 bits per heavy atom. The summed E-state index contributed by atoms with van der Waals surface area (Å²) >= 11 is 0. The minimum atomic E-state index is -4.51. The maximum absolute atomic E-state index is 12.8. The van der Waals surface area contributed by atoms with Gasteiger partial charge in [0.2, 0.25) is 0 Å². The fraction of sp³-hybridized carbons (Fsp3) is 0.500. The number of aliphatic carboxylic acids is 1. The number of hydrogen-bond acceptors (Lipinski definition) is 1. The van der Waals surface area contributed by atoms with E-state index in [1.807, 2.05) is 0 Å². The summed E-state index contributed by atoms with van der Waals surface area (Å²) in [5, 5.41) is 8.83. The molecule has 0 saturated carbocycles. The SMILES string of the molecule is O=C(O)[C@H]1CCn2cccc2[C@@H]1C(F)(F)F. The van der Waals surface area contributed by atoms with Crippen molar-refractivity contribution in [3.8, 4) is 0 Å². The van der Waals surface area contributed by atoms with Crippen LogP contribution in [0.15, 0.2) is 18.3 Å². The summed E-state index contributed by atoms with van der Waals surface area (Å²) in [7, 11) is 0. The number of carboxylic acid groups (broad SMARTS) is 1. The lowest BCUT2D eigenvalue weighted by Gasteiger charge is -2.31. The zero-order chi connectivity index (χ0) is 11.9. The lowest BCUT2D eigenvalue weighted by molar-refractivity contribution is -0.179. The largest absolute Gasteiger partial charge is 0.481 e. The number of alkyl halides is 3. The van der Waals surface area contributed by atoms with Gasteiger partial charge in [0.25, 0.3) is 0 Å². The molecule has 0 unspecified atom stereocenters. The van der Waals surface area contributed by atoms with Crippen LogP contribution in [-0.2, 0) is 11.3 Å². The Hall–Kier alpha value is -1.46. The van der Waals surface area contributed by atoms with Crippen molar-refractivity contribution in [2.45, 2.75) is 25.1 Å². The van der Waals surface area contributed by atoms with Crippen molar-refractivity contribution in [2.75, 3.05) is 0 Å². The van der Waals surface area contributed by atoms with E-state index in [4.69, 9.17) is 5.11 Å². The maximum atomic E-state index is 12.8. The Labute approximate surface area is 89.5 Å². The van der Waals surface area contributed by atoms with Crippen LogP contribution in [0.25, 0.3) is 0 Å². The minimum absolute atomic E-state index is 0.0151. The molecule has 2 atom stereocenters. The molecule has 3 nitrogen and oxygen atoms in total. The summed E-state index contributed by atoms with van der Waals surface area (Å²) in [5.41, 5.74) is 0.0474. The lowest BCUT2D eigenvalue weighted by Crippen LogP contribution is -2.38. The highest BCUT2D eigenvalue weighted by Crippen LogP contribution is 2.44. The smallest absolute Gasteiger partial charge is 0.398 e. The van der Waals surface area contributed by atoms with Crippen LogP contribution in [0.1, 0.15) is 18.0 Å². The molecule has 16 heavy (non-hydrogen) atoms. The molecule has 0 bridgehead atoms. The van der Waals surface area contributed by atoms with Gasteiger partial charge in [-0.3, -0.25) is 4.79 Å². The zero-order valence-electron chi connectivity index (χ0n) is 8.24. The molecule has 1 aromatic heterocycles. The van der Waals surface area contributed by atoms with Crippen molar-refractivity contribution < 1.29 is 23.1 Å². The molecule has 2 rings (SSSR count). The van der Waals surface area contributed by atoms with Gasteiger partial charge >= 0.3 is 12.1 Å². The second-order valence-corrected chi connectivity index (χ2v) is 3.88. The predicted molar refractivity (Wildman–Crippen MR) is 49.0 cm³/mol. The first-order valence-corrected chi connectivity index (χ1v) is 4.86. The summed E-state index contributed by atoms with van der Waals surface area (Å²) in [6, 6.07) is 2.85. The van der Waals surface area contributed by atoms with Gasteiger partial charge in [-0.2, -0.15) is 13.2 Å². The molecule has 0 aliphatic carbocycles. The number of rotatable bonds is 1. The highest BCUT2D eigenvalue weighted by atomic mass is 19.4. The third-order valence-corrected chi connectivity index (χ3v) is 2.94. The predicted octanol–water partition coefficient (Wildman–Crippen LogP) is 2.24. The molecule has 1 N–H and O–H groups in total. The van der Waals surface area contributed by atoms with Crippen LogP contribution in [0, 0.1) is 5.92 Å². The summed E-state index contributed by atoms with van der Waals surface area (Å²) < 4.78 is 40.0. The second kappa shape index (κ2) is 3.54. The highest BCUT2D eigenvalue weighted by molar-refractivity contribution is 5.71. The molecular weight excluding hydrogens is 223 g/mol. The van der Waals surface area contributed by atoms with Crippen molar-refractivity contribution in [3.63, 3.8) is 0 Å². The molecule has 1 aliphatic rings. The molecule has 6 heteroatoms. The molecule has 0 saturated heterocycles. The number of carboxylic acids is 1. The Bertz CT molecular complexity index is 410. The Balaban J connectivity index is 2.45. The number of carbonyl (C=O) groups is 1. The molecule has 1 aromatic rings. The van der Waals surface area contributed by atoms with Gasteiger partial charge in [0, 0.05) is 18.4 Å². The van der Waals surface area contributed by atoms with E-state index in [9.17, 15) is 18.0 Å². The quantitative estimate of drug-likeness (QED) is 0.808. The minimum Gasteiger partial charge on any atom is -0.481 e. The van der Waals surface area contributed by atoms with Gasteiger partial charge in [0.05, 0.1) is 5.92 Å². The van der Waals surface area contributed by atoms with E-state index in [1.165, 1.54) is 16.7 Å². The van der Waals surface area contributed by atoms with Crippen molar-refractivity contribution in [1.82, 2.24) is 4.57 Å². The van der Waals surface area contributed by atoms with E-state index in [0.717, 1.165) is 0 Å². The summed E-state index contributed by atoms with van der Waals surface area (Å²) in [6.45, 7) is 0.325. The molecule has 1 aliphatic heterocycles. The van der Waals surface area contributed by atoms with E-state index in [2.05, 4.69) is 0 Å². The van der Waals surface area contributed by atoms with Gasteiger partial charge in [-0.25, -0.2) is 0 Å². The van der Waals surface area contributed by atoms with Gasteiger partial charge in [-0.15, -0.1) is 0 Å². The van der Waals surface area contributed by atoms with Crippen LogP contribution in [0.5, 0.6) is 0 Å². The Morgan fingerprint density at radius 1 is 1.50 bits per heavy atom. The molecule has 88 valence electrons. The molecule has 0 fully saturated rings. The number of aromatic nitrogens is 1. The van der Waals surface area contributed by atoms with Crippen LogP contribution in [0.2, 0.25) is 0 Å². The third kappa shape index (κ3) is 1.68. The monoisotopic (exact) mass is 233 g/mol. The lowest BCUT2D eigenvalue weighted by atomic mass is 9.84. The molecule has 0 amide bonds. The summed E-state index contributed by atoms with van der Waals surface area (Å²) in [6.07, 6.45) is -2.95. The van der Waals surface area contributed by atoms with Crippen LogP contribution in [0.4, 0.5) is 13.2 Å². The van der Waals surface area contributed by atoms with Crippen molar-refractivity contribution in [1.29, 1.82) is 0 Å². The topological polar surface area (TPSA) is 42.2 Å². The first-order chi connectivity index (χ1) is 7.41. The molecule has 0 spiro atoms. The number of fused-ring (bicyclic) bond motifs is 1. The average molecular weight is 233 g/mol. The third-order valence-electron chi connectivity index (χ3n) is 2.94. The fourth-order valence-electron chi connectivity index (χ4n) is 2.23. The second-order valence-electron chi connectivity index (χ2n) is 3.88. The van der Waals surface area contributed by atoms with Gasteiger partial charge in [0.15, 0.2) is 0 Å². The van der Waals surface area contributed by atoms with E-state index in [0.29, 0.717) is 6.54 Å². The Kier molecular flexibility index (Phi) is 2.44. The number of halogens is 3. The van der Waals surface area contributed by atoms with Gasteiger partial charge < -0.3 is 9.67 Å². The van der Waals surface area contributed by atoms with Crippen LogP contribution < -0.4 is 0 Å². The Morgan fingerprint density at radius 2 is 2.19 bits per heavy atom. The molecular formula is C10H10F3NO2. The number of nitrogens with zero attached hydrogens (tertiary/aromatic N) is 1.